The summed E-state index contributed by atoms with van der Waals surface area (Å²) in [6.07, 6.45) is 0.160. The minimum Gasteiger partial charge on any atom is -0.496 e. The highest BCUT2D eigenvalue weighted by molar-refractivity contribution is 6.07. The van der Waals surface area contributed by atoms with Crippen LogP contribution in [-0.4, -0.2) is 84.0 Å². The van der Waals surface area contributed by atoms with Crippen LogP contribution in [0.5, 0.6) is 5.75 Å². The van der Waals surface area contributed by atoms with Gasteiger partial charge in [-0.2, -0.15) is 5.10 Å². The van der Waals surface area contributed by atoms with Crippen molar-refractivity contribution in [1.29, 1.82) is 0 Å². The summed E-state index contributed by atoms with van der Waals surface area (Å²) in [5, 5.41) is 11.5. The highest BCUT2D eigenvalue weighted by atomic mass is 16.5. The van der Waals surface area contributed by atoms with Crippen LogP contribution in [0, 0.1) is 0 Å². The summed E-state index contributed by atoms with van der Waals surface area (Å²) in [6.45, 7) is 4.60. The summed E-state index contributed by atoms with van der Waals surface area (Å²) in [4.78, 5) is 25.8. The fraction of sp³-hybridized carbons (Fsp3) is 0.300. The van der Waals surface area contributed by atoms with Crippen molar-refractivity contribution in [3.05, 3.63) is 66.2 Å². The van der Waals surface area contributed by atoms with Gasteiger partial charge >= 0.3 is 0 Å². The van der Waals surface area contributed by atoms with E-state index in [-0.39, 0.29) is 18.1 Å². The van der Waals surface area contributed by atoms with Gasteiger partial charge in [-0.15, -0.1) is 0 Å². The molecule has 1 fully saturated rings. The van der Waals surface area contributed by atoms with E-state index in [4.69, 9.17) is 14.5 Å². The first kappa shape index (κ1) is 25.8. The molecule has 0 spiro atoms. The third-order valence-electron chi connectivity index (χ3n) is 7.27. The molecule has 2 aromatic heterocycles. The first-order valence-electron chi connectivity index (χ1n) is 13.3. The number of amides is 1. The Morgan fingerprint density at radius 3 is 2.83 bits per heavy atom. The number of imidazole rings is 1. The van der Waals surface area contributed by atoms with E-state index in [9.17, 15) is 4.79 Å². The van der Waals surface area contributed by atoms with Crippen LogP contribution >= 0.6 is 0 Å². The van der Waals surface area contributed by atoms with Crippen LogP contribution in [-0.2, 0) is 4.74 Å². The van der Waals surface area contributed by atoms with E-state index >= 15 is 0 Å². The van der Waals surface area contributed by atoms with Gasteiger partial charge in [0.25, 0.3) is 5.91 Å². The zero-order valence-corrected chi connectivity index (χ0v) is 23.1. The molecular weight excluding hydrogens is 506 g/mol. The number of benzene rings is 3. The Bertz CT molecular complexity index is 1670. The van der Waals surface area contributed by atoms with Crippen LogP contribution in [0.4, 0.5) is 11.4 Å². The largest absolute Gasteiger partial charge is 0.496 e. The molecule has 1 aliphatic heterocycles. The molecule has 3 aromatic carbocycles. The lowest BCUT2D eigenvalue weighted by atomic mass is 10.1. The minimum atomic E-state index is -0.247. The van der Waals surface area contributed by atoms with Gasteiger partial charge in [0.1, 0.15) is 11.4 Å². The maximum atomic E-state index is 13.0. The van der Waals surface area contributed by atoms with Crippen molar-refractivity contribution in [2.45, 2.75) is 19.1 Å². The number of nitrogens with zero attached hydrogens (tertiary/aromatic N) is 4. The zero-order chi connectivity index (χ0) is 27.8. The van der Waals surface area contributed by atoms with Gasteiger partial charge in [0.2, 0.25) is 0 Å². The summed E-state index contributed by atoms with van der Waals surface area (Å²) in [6, 6.07) is 19.4. The first-order valence-corrected chi connectivity index (χ1v) is 13.3. The number of morpholine rings is 1. The number of ether oxygens (including phenoxy) is 2. The molecule has 5 aromatic rings. The van der Waals surface area contributed by atoms with Crippen LogP contribution in [0.15, 0.2) is 60.7 Å². The summed E-state index contributed by atoms with van der Waals surface area (Å²) in [5.41, 5.74) is 5.59. The average Bonchev–Trinajstić information content (AvgIpc) is 3.57. The molecule has 0 bridgehead atoms. The van der Waals surface area contributed by atoms with Crippen molar-refractivity contribution < 1.29 is 14.3 Å². The van der Waals surface area contributed by atoms with Crippen molar-refractivity contribution >= 4 is 39.2 Å². The number of para-hydroxylation sites is 1. The van der Waals surface area contributed by atoms with Gasteiger partial charge in [-0.3, -0.25) is 9.89 Å². The number of hydrogen-bond donors (Lipinski definition) is 3. The van der Waals surface area contributed by atoms with Gasteiger partial charge in [-0.1, -0.05) is 12.1 Å². The molecule has 10 heteroatoms. The number of fused-ring (bicyclic) bond motifs is 2. The van der Waals surface area contributed by atoms with Crippen molar-refractivity contribution in [2.24, 2.45) is 0 Å². The van der Waals surface area contributed by atoms with Crippen LogP contribution in [0.25, 0.3) is 33.5 Å². The van der Waals surface area contributed by atoms with Gasteiger partial charge < -0.3 is 29.6 Å². The summed E-state index contributed by atoms with van der Waals surface area (Å²) >= 11 is 0. The number of nitrogens with one attached hydrogen (secondary N) is 3. The number of anilines is 2. The molecule has 1 aliphatic rings. The third-order valence-corrected chi connectivity index (χ3v) is 7.27. The maximum Gasteiger partial charge on any atom is 0.259 e. The van der Waals surface area contributed by atoms with Crippen LogP contribution < -0.4 is 15.0 Å². The van der Waals surface area contributed by atoms with E-state index in [1.54, 1.807) is 19.2 Å². The molecule has 0 saturated carbocycles. The van der Waals surface area contributed by atoms with E-state index in [0.29, 0.717) is 35.1 Å². The second-order valence-electron chi connectivity index (χ2n) is 10.5. The number of rotatable bonds is 7. The summed E-state index contributed by atoms with van der Waals surface area (Å²) in [5.74, 6) is 0.932. The second kappa shape index (κ2) is 10.6. The number of likely N-dealkylation sites (N-methyl/N-ethyl adjacent to an activating group) is 1. The lowest BCUT2D eigenvalue weighted by Crippen LogP contribution is -2.51. The molecule has 40 heavy (non-hydrogen) atoms. The summed E-state index contributed by atoms with van der Waals surface area (Å²) in [7, 11) is 5.69. The SMILES string of the molecule is COc1ccccc1C(=O)Nc1ccc2[nH]nc(-c3nc4ccc(N5CC(CN(C)C)OCC5C)cc4[nH]3)c2c1. The molecule has 2 atom stereocenters. The normalized spacial score (nSPS) is 17.6. The Hall–Kier alpha value is -4.41. The lowest BCUT2D eigenvalue weighted by molar-refractivity contribution is 0.00880. The zero-order valence-electron chi connectivity index (χ0n) is 23.1. The second-order valence-corrected chi connectivity index (χ2v) is 10.5. The fourth-order valence-electron chi connectivity index (χ4n) is 5.29. The van der Waals surface area contributed by atoms with E-state index in [1.165, 1.54) is 0 Å². The molecule has 2 unspecified atom stereocenters. The fourth-order valence-corrected chi connectivity index (χ4v) is 5.29. The van der Waals surface area contributed by atoms with Crippen molar-refractivity contribution in [3.63, 3.8) is 0 Å². The number of aromatic nitrogens is 4. The standard InChI is InChI=1S/C30H33N7O3/c1-18-17-40-21(15-36(2)3)16-37(18)20-10-12-25-26(14-20)33-29(32-25)28-23-13-19(9-11-24(23)34-35-28)31-30(38)22-7-5-6-8-27(22)39-4/h5-14,18,21H,15-17H2,1-4H3,(H,31,38)(H,32,33)(H,34,35). The highest BCUT2D eigenvalue weighted by Crippen LogP contribution is 2.31. The minimum absolute atomic E-state index is 0.160. The molecule has 0 aliphatic carbocycles. The van der Waals surface area contributed by atoms with Crippen LogP contribution in [0.2, 0.25) is 0 Å². The number of carbonyl (C=O) groups excluding carboxylic acids is 1. The molecule has 10 nitrogen and oxygen atoms in total. The number of hydrogen-bond acceptors (Lipinski definition) is 7. The number of H-pyrrole nitrogens is 2. The maximum absolute atomic E-state index is 13.0. The Morgan fingerprint density at radius 2 is 2.00 bits per heavy atom. The number of aromatic amines is 2. The molecule has 0 radical (unpaired) electrons. The van der Waals surface area contributed by atoms with Crippen molar-refractivity contribution in [1.82, 2.24) is 25.1 Å². The number of methoxy groups -OCH3 is 1. The Labute approximate surface area is 232 Å². The van der Waals surface area contributed by atoms with Crippen molar-refractivity contribution in [2.75, 3.05) is 51.1 Å². The molecule has 3 heterocycles. The Kier molecular flexibility index (Phi) is 6.87. The van der Waals surface area contributed by atoms with Gasteiger partial charge in [-0.05, 0) is 69.6 Å². The van der Waals surface area contributed by atoms with Crippen LogP contribution in [0.3, 0.4) is 0 Å². The molecule has 206 valence electrons. The predicted molar refractivity (Wildman–Crippen MR) is 157 cm³/mol. The first-order chi connectivity index (χ1) is 19.4. The smallest absolute Gasteiger partial charge is 0.259 e. The molecular formula is C30H33N7O3. The van der Waals surface area contributed by atoms with Gasteiger partial charge in [0.15, 0.2) is 5.82 Å². The van der Waals surface area contributed by atoms with E-state index < -0.39 is 0 Å². The monoisotopic (exact) mass is 539 g/mol. The van der Waals surface area contributed by atoms with E-state index in [1.807, 2.05) is 36.4 Å². The predicted octanol–water partition coefficient (Wildman–Crippen LogP) is 4.52. The molecule has 3 N–H and O–H groups in total. The Morgan fingerprint density at radius 1 is 1.15 bits per heavy atom. The van der Waals surface area contributed by atoms with Gasteiger partial charge in [0, 0.05) is 35.9 Å². The molecule has 6 rings (SSSR count). The van der Waals surface area contributed by atoms with Crippen LogP contribution in [0.1, 0.15) is 17.3 Å². The average molecular weight is 540 g/mol. The van der Waals surface area contributed by atoms with Gasteiger partial charge in [-0.25, -0.2) is 4.98 Å². The number of carbonyl (C=O) groups is 1. The third kappa shape index (κ3) is 4.99. The lowest BCUT2D eigenvalue weighted by Gasteiger charge is -2.40. The van der Waals surface area contributed by atoms with E-state index in [0.717, 1.165) is 40.7 Å². The van der Waals surface area contributed by atoms with E-state index in [2.05, 4.69) is 63.4 Å². The summed E-state index contributed by atoms with van der Waals surface area (Å²) < 4.78 is 11.4. The topological polar surface area (TPSA) is 111 Å². The molecule has 1 saturated heterocycles. The quantitative estimate of drug-likeness (QED) is 0.279. The van der Waals surface area contributed by atoms with Crippen molar-refractivity contribution in [3.8, 4) is 17.3 Å². The highest BCUT2D eigenvalue weighted by Gasteiger charge is 2.27. The molecule has 1 amide bonds. The Balaban J connectivity index is 1.28. The van der Waals surface area contributed by atoms with Gasteiger partial charge in [0.05, 0.1) is 41.9 Å².